The van der Waals surface area contributed by atoms with E-state index < -0.39 is 30.8 Å². The van der Waals surface area contributed by atoms with E-state index >= 15 is 0 Å². The number of carbonyl (C=O) groups excluding carboxylic acids is 2. The molecule has 0 fully saturated rings. The van der Waals surface area contributed by atoms with Crippen molar-refractivity contribution in [2.24, 2.45) is 0 Å². The Labute approximate surface area is 132 Å². The van der Waals surface area contributed by atoms with Crippen LogP contribution in [0.2, 0.25) is 0 Å². The van der Waals surface area contributed by atoms with Gasteiger partial charge in [0.15, 0.2) is 11.9 Å². The standard InChI is InChI=1S/C15H19F3N2O3/c1-9(20(3)8-13(22)15(16,17)18)14(23)19-12-7-5-4-6-11(12)10(2)21/h4-7,9,13,22H,8H2,1-3H3,(H,19,23). The minimum absolute atomic E-state index is 0.241. The molecule has 1 amide bonds. The quantitative estimate of drug-likeness (QED) is 0.783. The monoisotopic (exact) mass is 332 g/mol. The van der Waals surface area contributed by atoms with Gasteiger partial charge in [-0.3, -0.25) is 14.5 Å². The topological polar surface area (TPSA) is 69.6 Å². The Morgan fingerprint density at radius 2 is 1.87 bits per heavy atom. The highest BCUT2D eigenvalue weighted by atomic mass is 19.4. The number of nitrogens with zero attached hydrogens (tertiary/aromatic N) is 1. The molecule has 2 unspecified atom stereocenters. The number of likely N-dealkylation sites (N-methyl/N-ethyl adjacent to an activating group) is 1. The number of halogens is 3. The molecule has 1 aromatic carbocycles. The molecule has 0 saturated heterocycles. The number of amides is 1. The van der Waals surface area contributed by atoms with Gasteiger partial charge in [-0.15, -0.1) is 0 Å². The third kappa shape index (κ3) is 5.33. The third-order valence-electron chi connectivity index (χ3n) is 3.44. The minimum atomic E-state index is -4.74. The maximum Gasteiger partial charge on any atom is 0.415 e. The van der Waals surface area contributed by atoms with Gasteiger partial charge in [0.25, 0.3) is 0 Å². The number of ketones is 1. The lowest BCUT2D eigenvalue weighted by molar-refractivity contribution is -0.208. The van der Waals surface area contributed by atoms with Gasteiger partial charge in [-0.25, -0.2) is 0 Å². The number of anilines is 1. The molecule has 0 heterocycles. The molecule has 1 aromatic rings. The van der Waals surface area contributed by atoms with E-state index in [1.54, 1.807) is 18.2 Å². The second-order valence-electron chi connectivity index (χ2n) is 5.26. The van der Waals surface area contributed by atoms with Crippen LogP contribution in [-0.4, -0.2) is 53.6 Å². The summed E-state index contributed by atoms with van der Waals surface area (Å²) in [6.45, 7) is 2.03. The van der Waals surface area contributed by atoms with Crippen LogP contribution in [0.1, 0.15) is 24.2 Å². The van der Waals surface area contributed by atoms with Crippen molar-refractivity contribution in [2.45, 2.75) is 32.2 Å². The second-order valence-corrected chi connectivity index (χ2v) is 5.26. The van der Waals surface area contributed by atoms with Crippen LogP contribution in [0.25, 0.3) is 0 Å². The van der Waals surface area contributed by atoms with Crippen molar-refractivity contribution in [1.29, 1.82) is 0 Å². The fraction of sp³-hybridized carbons (Fsp3) is 0.467. The van der Waals surface area contributed by atoms with Gasteiger partial charge in [-0.1, -0.05) is 12.1 Å². The Kier molecular flexibility index (Phi) is 6.28. The first-order valence-electron chi connectivity index (χ1n) is 6.90. The summed E-state index contributed by atoms with van der Waals surface area (Å²) in [7, 11) is 1.30. The van der Waals surface area contributed by atoms with Crippen molar-refractivity contribution in [2.75, 3.05) is 18.9 Å². The normalized spacial score (nSPS) is 14.4. The first-order chi connectivity index (χ1) is 10.5. The summed E-state index contributed by atoms with van der Waals surface area (Å²) in [5.41, 5.74) is 0.604. The van der Waals surface area contributed by atoms with Crippen LogP contribution in [0.5, 0.6) is 0 Å². The van der Waals surface area contributed by atoms with Crippen LogP contribution in [0.4, 0.5) is 18.9 Å². The molecule has 2 atom stereocenters. The number of alkyl halides is 3. The number of para-hydroxylation sites is 1. The summed E-state index contributed by atoms with van der Waals surface area (Å²) >= 11 is 0. The van der Waals surface area contributed by atoms with Gasteiger partial charge >= 0.3 is 6.18 Å². The average Bonchev–Trinajstić information content (AvgIpc) is 2.45. The summed E-state index contributed by atoms with van der Waals surface area (Å²) in [4.78, 5) is 24.7. The average molecular weight is 332 g/mol. The van der Waals surface area contributed by atoms with Crippen molar-refractivity contribution in [1.82, 2.24) is 4.90 Å². The molecule has 2 N–H and O–H groups in total. The molecular formula is C15H19F3N2O3. The molecule has 0 saturated carbocycles. The zero-order valence-electron chi connectivity index (χ0n) is 13.0. The Hall–Kier alpha value is -1.93. The van der Waals surface area contributed by atoms with Crippen molar-refractivity contribution in [3.05, 3.63) is 29.8 Å². The fourth-order valence-corrected chi connectivity index (χ4v) is 1.87. The Morgan fingerprint density at radius 1 is 1.30 bits per heavy atom. The van der Waals surface area contributed by atoms with Crippen LogP contribution in [0.15, 0.2) is 24.3 Å². The first-order valence-corrected chi connectivity index (χ1v) is 6.90. The predicted octanol–water partition coefficient (Wildman–Crippen LogP) is 2.07. The number of aliphatic hydroxyl groups is 1. The fourth-order valence-electron chi connectivity index (χ4n) is 1.87. The Bertz CT molecular complexity index is 575. The number of benzene rings is 1. The van der Waals surface area contributed by atoms with E-state index in [4.69, 9.17) is 5.11 Å². The van der Waals surface area contributed by atoms with Gasteiger partial charge < -0.3 is 10.4 Å². The molecule has 0 radical (unpaired) electrons. The van der Waals surface area contributed by atoms with Gasteiger partial charge in [-0.05, 0) is 33.0 Å². The Balaban J connectivity index is 2.76. The largest absolute Gasteiger partial charge is 0.415 e. The number of nitrogens with one attached hydrogen (secondary N) is 1. The third-order valence-corrected chi connectivity index (χ3v) is 3.44. The molecule has 5 nitrogen and oxygen atoms in total. The van der Waals surface area contributed by atoms with E-state index in [1.807, 2.05) is 0 Å². The number of hydrogen-bond acceptors (Lipinski definition) is 4. The number of hydrogen-bond donors (Lipinski definition) is 2. The highest BCUT2D eigenvalue weighted by Gasteiger charge is 2.39. The SMILES string of the molecule is CC(=O)c1ccccc1NC(=O)C(C)N(C)CC(O)C(F)(F)F. The van der Waals surface area contributed by atoms with Gasteiger partial charge in [0.2, 0.25) is 5.91 Å². The highest BCUT2D eigenvalue weighted by Crippen LogP contribution is 2.21. The molecule has 1 rings (SSSR count). The van der Waals surface area contributed by atoms with Crippen LogP contribution >= 0.6 is 0 Å². The van der Waals surface area contributed by atoms with Crippen LogP contribution in [0.3, 0.4) is 0 Å². The maximum atomic E-state index is 12.3. The molecule has 8 heteroatoms. The van der Waals surface area contributed by atoms with Crippen LogP contribution in [-0.2, 0) is 4.79 Å². The van der Waals surface area contributed by atoms with Crippen molar-refractivity contribution >= 4 is 17.4 Å². The molecule has 0 bridgehead atoms. The van der Waals surface area contributed by atoms with Gasteiger partial charge in [0, 0.05) is 12.1 Å². The van der Waals surface area contributed by atoms with E-state index in [-0.39, 0.29) is 5.78 Å². The zero-order chi connectivity index (χ0) is 17.8. The lowest BCUT2D eigenvalue weighted by Crippen LogP contribution is -2.46. The van der Waals surface area contributed by atoms with Gasteiger partial charge in [0.1, 0.15) is 0 Å². The molecule has 0 aromatic heterocycles. The van der Waals surface area contributed by atoms with Crippen molar-refractivity contribution in [3.63, 3.8) is 0 Å². The van der Waals surface area contributed by atoms with Gasteiger partial charge in [-0.2, -0.15) is 13.2 Å². The van der Waals surface area contributed by atoms with Crippen LogP contribution < -0.4 is 5.32 Å². The molecular weight excluding hydrogens is 313 g/mol. The molecule has 0 aliphatic carbocycles. The van der Waals surface area contributed by atoms with E-state index in [9.17, 15) is 22.8 Å². The lowest BCUT2D eigenvalue weighted by atomic mass is 10.1. The number of aliphatic hydroxyl groups excluding tert-OH is 1. The number of rotatable bonds is 6. The summed E-state index contributed by atoms with van der Waals surface area (Å²) in [6.07, 6.45) is -7.28. The number of carbonyl (C=O) groups is 2. The summed E-state index contributed by atoms with van der Waals surface area (Å²) in [6, 6.07) is 5.42. The molecule has 0 spiro atoms. The molecule has 23 heavy (non-hydrogen) atoms. The second kappa shape index (κ2) is 7.56. The van der Waals surface area contributed by atoms with E-state index in [2.05, 4.69) is 5.32 Å². The first kappa shape index (κ1) is 19.1. The lowest BCUT2D eigenvalue weighted by Gasteiger charge is -2.27. The Morgan fingerprint density at radius 3 is 2.39 bits per heavy atom. The van der Waals surface area contributed by atoms with E-state index in [0.717, 1.165) is 4.90 Å². The minimum Gasteiger partial charge on any atom is -0.382 e. The molecule has 0 aliphatic rings. The van der Waals surface area contributed by atoms with Crippen molar-refractivity contribution in [3.8, 4) is 0 Å². The van der Waals surface area contributed by atoms with Gasteiger partial charge in [0.05, 0.1) is 11.7 Å². The summed E-state index contributed by atoms with van der Waals surface area (Å²) < 4.78 is 37.0. The van der Waals surface area contributed by atoms with Crippen LogP contribution in [0, 0.1) is 0 Å². The van der Waals surface area contributed by atoms with Crippen molar-refractivity contribution < 1.29 is 27.9 Å². The smallest absolute Gasteiger partial charge is 0.382 e. The summed E-state index contributed by atoms with van der Waals surface area (Å²) in [5, 5.41) is 11.6. The predicted molar refractivity (Wildman–Crippen MR) is 79.2 cm³/mol. The highest BCUT2D eigenvalue weighted by molar-refractivity contribution is 6.04. The zero-order valence-corrected chi connectivity index (χ0v) is 13.0. The number of Topliss-reactive ketones (excluding diaryl/α,β-unsaturated/α-hetero) is 1. The molecule has 0 aliphatic heterocycles. The summed E-state index contributed by atoms with van der Waals surface area (Å²) in [5.74, 6) is -0.815. The van der Waals surface area contributed by atoms with E-state index in [0.29, 0.717) is 11.3 Å². The maximum absolute atomic E-state index is 12.3. The molecule has 128 valence electrons. The van der Waals surface area contributed by atoms with E-state index in [1.165, 1.54) is 27.0 Å².